The zero-order valence-corrected chi connectivity index (χ0v) is 26.0. The lowest BCUT2D eigenvalue weighted by atomic mass is 9.91. The van der Waals surface area contributed by atoms with Crippen molar-refractivity contribution in [1.82, 2.24) is 9.47 Å². The van der Waals surface area contributed by atoms with Crippen LogP contribution in [0.5, 0.6) is 11.5 Å². The van der Waals surface area contributed by atoms with E-state index in [4.69, 9.17) is 20.8 Å². The lowest BCUT2D eigenvalue weighted by molar-refractivity contribution is -0.272. The minimum Gasteiger partial charge on any atom is -0.493 e. The van der Waals surface area contributed by atoms with Gasteiger partial charge >= 0.3 is 12.1 Å². The number of fused-ring (bicyclic) bond motifs is 1. The van der Waals surface area contributed by atoms with Gasteiger partial charge in [0, 0.05) is 47.9 Å². The highest BCUT2D eigenvalue weighted by molar-refractivity contribution is 5.88. The molecule has 2 heterocycles. The molecule has 0 aliphatic carbocycles. The van der Waals surface area contributed by atoms with Crippen molar-refractivity contribution in [2.24, 2.45) is 0 Å². The minimum atomic E-state index is -5.05. The molecule has 0 bridgehead atoms. The molecule has 4 aromatic rings. The Balaban J connectivity index is 1.35. The van der Waals surface area contributed by atoms with Crippen LogP contribution >= 0.6 is 0 Å². The van der Waals surface area contributed by atoms with Crippen LogP contribution in [0.2, 0.25) is 0 Å². The Morgan fingerprint density at radius 1 is 1.06 bits per heavy atom. The molecule has 0 amide bonds. The average molecular weight is 654 g/mol. The summed E-state index contributed by atoms with van der Waals surface area (Å²) in [5.74, 6) is -0.00328. The third-order valence-corrected chi connectivity index (χ3v) is 8.37. The zero-order valence-electron chi connectivity index (χ0n) is 26.0. The van der Waals surface area contributed by atoms with Crippen molar-refractivity contribution in [3.05, 3.63) is 101 Å². The highest BCUT2D eigenvalue weighted by Crippen LogP contribution is 2.44. The predicted molar refractivity (Wildman–Crippen MR) is 167 cm³/mol. The van der Waals surface area contributed by atoms with Crippen molar-refractivity contribution in [2.45, 2.75) is 50.6 Å². The van der Waals surface area contributed by atoms with Crippen LogP contribution < -0.4 is 9.47 Å². The Bertz CT molecular complexity index is 1780. The molecule has 1 N–H and O–H groups in total. The maximum Gasteiger partial charge on any atom is 0.422 e. The largest absolute Gasteiger partial charge is 0.493 e. The number of esters is 1. The SMILES string of the molecule is [C-]#[N+]c1ccc2c(C(O)(CN3CCC(Oc4ccc(CC(=O)OCC)cc4OC)CC3)C(F)(F)F)cn(Cc3ccccc3F)c2c1. The molecule has 1 aliphatic rings. The number of carbonyl (C=O) groups excluding carboxylic acids is 1. The summed E-state index contributed by atoms with van der Waals surface area (Å²) in [7, 11) is 1.48. The number of nitrogens with zero attached hydrogens (tertiary/aromatic N) is 3. The molecule has 1 unspecified atom stereocenters. The monoisotopic (exact) mass is 653 g/mol. The second-order valence-corrected chi connectivity index (χ2v) is 11.5. The molecular formula is C35H35F4N3O5. The Morgan fingerprint density at radius 3 is 2.47 bits per heavy atom. The number of hydrogen-bond donors (Lipinski definition) is 1. The van der Waals surface area contributed by atoms with Gasteiger partial charge in [-0.1, -0.05) is 36.4 Å². The molecule has 1 aliphatic heterocycles. The van der Waals surface area contributed by atoms with E-state index in [9.17, 15) is 27.5 Å². The fraction of sp³-hybridized carbons (Fsp3) is 0.371. The van der Waals surface area contributed by atoms with Gasteiger partial charge in [0.05, 0.1) is 33.3 Å². The number of ether oxygens (including phenoxy) is 3. The number of β-amino-alcohol motifs (C(OH)–C–C–N with tert-alkyl or cyclic N) is 1. The van der Waals surface area contributed by atoms with Crippen LogP contribution in [0.4, 0.5) is 23.2 Å². The van der Waals surface area contributed by atoms with Crippen molar-refractivity contribution < 1.29 is 41.7 Å². The number of halogens is 4. The predicted octanol–water partition coefficient (Wildman–Crippen LogP) is 6.79. The second-order valence-electron chi connectivity index (χ2n) is 11.5. The van der Waals surface area contributed by atoms with E-state index in [1.165, 1.54) is 54.3 Å². The number of hydrogen-bond acceptors (Lipinski definition) is 6. The van der Waals surface area contributed by atoms with E-state index < -0.39 is 24.1 Å². The first kappa shape index (κ1) is 33.8. The standard InChI is InChI=1S/C35H35F4N3O5/c1-4-46-33(43)18-23-9-12-31(32(17-23)45-3)47-26-13-15-41(16-14-26)22-34(44,35(37,38)39)28-21-42(20-24-7-5-6-8-29(24)36)30-19-25(40-2)10-11-27(28)30/h5-12,17,19,21,26,44H,4,13-16,18,20,22H2,1,3H3. The van der Waals surface area contributed by atoms with Crippen LogP contribution in [0.1, 0.15) is 36.5 Å². The number of likely N-dealkylation sites (tertiary alicyclic amines) is 1. The van der Waals surface area contributed by atoms with Crippen LogP contribution in [0, 0.1) is 12.4 Å². The minimum absolute atomic E-state index is 0.0769. The number of aromatic nitrogens is 1. The number of carbonyl (C=O) groups is 1. The highest BCUT2D eigenvalue weighted by Gasteiger charge is 2.57. The fourth-order valence-electron chi connectivity index (χ4n) is 5.93. The number of methoxy groups -OCH3 is 1. The molecule has 3 aromatic carbocycles. The quantitative estimate of drug-likeness (QED) is 0.109. The van der Waals surface area contributed by atoms with Gasteiger partial charge in [-0.25, -0.2) is 9.24 Å². The Morgan fingerprint density at radius 2 is 1.81 bits per heavy atom. The second kappa shape index (κ2) is 14.0. The summed E-state index contributed by atoms with van der Waals surface area (Å²) in [5, 5.41) is 11.7. The van der Waals surface area contributed by atoms with Crippen molar-refractivity contribution in [1.29, 1.82) is 0 Å². The molecular weight excluding hydrogens is 618 g/mol. The van der Waals surface area contributed by atoms with Crippen LogP contribution in [0.3, 0.4) is 0 Å². The van der Waals surface area contributed by atoms with Crippen LogP contribution in [0.25, 0.3) is 15.7 Å². The van der Waals surface area contributed by atoms with Gasteiger partial charge in [-0.15, -0.1) is 0 Å². The van der Waals surface area contributed by atoms with E-state index in [1.54, 1.807) is 36.1 Å². The van der Waals surface area contributed by atoms with E-state index >= 15 is 0 Å². The maximum absolute atomic E-state index is 14.9. The topological polar surface area (TPSA) is 77.5 Å². The summed E-state index contributed by atoms with van der Waals surface area (Å²) in [6.45, 7) is 9.03. The van der Waals surface area contributed by atoms with Crippen LogP contribution in [0.15, 0.2) is 66.9 Å². The maximum atomic E-state index is 14.9. The van der Waals surface area contributed by atoms with Crippen molar-refractivity contribution >= 4 is 22.6 Å². The summed E-state index contributed by atoms with van der Waals surface area (Å²) in [6.07, 6.45) is -3.28. The molecule has 1 aromatic heterocycles. The first-order valence-corrected chi connectivity index (χ1v) is 15.2. The number of alkyl halides is 3. The van der Waals surface area contributed by atoms with Gasteiger partial charge in [0.25, 0.3) is 0 Å². The van der Waals surface area contributed by atoms with Gasteiger partial charge < -0.3 is 23.9 Å². The molecule has 0 radical (unpaired) electrons. The fourth-order valence-corrected chi connectivity index (χ4v) is 5.93. The molecule has 12 heteroatoms. The van der Waals surface area contributed by atoms with Crippen LogP contribution in [-0.4, -0.2) is 66.2 Å². The van der Waals surface area contributed by atoms with Gasteiger partial charge in [-0.2, -0.15) is 13.2 Å². The van der Waals surface area contributed by atoms with E-state index in [1.807, 2.05) is 0 Å². The molecule has 0 saturated carbocycles. The van der Waals surface area contributed by atoms with Gasteiger partial charge in [0.2, 0.25) is 5.60 Å². The lowest BCUT2D eigenvalue weighted by Crippen LogP contribution is -2.53. The summed E-state index contributed by atoms with van der Waals surface area (Å²) in [6, 6.07) is 15.3. The third-order valence-electron chi connectivity index (χ3n) is 8.37. The number of benzene rings is 3. The van der Waals surface area contributed by atoms with Gasteiger partial charge in [0.1, 0.15) is 11.9 Å². The Hall–Kier alpha value is -4.60. The van der Waals surface area contributed by atoms with Gasteiger partial charge in [-0.3, -0.25) is 9.69 Å². The molecule has 8 nitrogen and oxygen atoms in total. The van der Waals surface area contributed by atoms with Crippen molar-refractivity contribution in [3.8, 4) is 11.5 Å². The molecule has 1 fully saturated rings. The number of rotatable bonds is 11. The van der Waals surface area contributed by atoms with Crippen molar-refractivity contribution in [3.63, 3.8) is 0 Å². The summed E-state index contributed by atoms with van der Waals surface area (Å²) in [4.78, 5) is 16.8. The number of aliphatic hydroxyl groups is 1. The molecule has 248 valence electrons. The highest BCUT2D eigenvalue weighted by atomic mass is 19.4. The first-order chi connectivity index (χ1) is 22.4. The lowest BCUT2D eigenvalue weighted by Gasteiger charge is -2.39. The van der Waals surface area contributed by atoms with Crippen molar-refractivity contribution in [2.75, 3.05) is 33.4 Å². The zero-order chi connectivity index (χ0) is 33.8. The normalized spacial score (nSPS) is 15.6. The third kappa shape index (κ3) is 7.37. The van der Waals surface area contributed by atoms with Crippen LogP contribution in [-0.2, 0) is 28.1 Å². The molecule has 47 heavy (non-hydrogen) atoms. The van der Waals surface area contributed by atoms with E-state index in [-0.39, 0.29) is 72.5 Å². The molecule has 1 saturated heterocycles. The smallest absolute Gasteiger partial charge is 0.422 e. The Labute approximate surface area is 269 Å². The molecule has 0 spiro atoms. The van der Waals surface area contributed by atoms with E-state index in [0.717, 1.165) is 0 Å². The first-order valence-electron chi connectivity index (χ1n) is 15.2. The van der Waals surface area contributed by atoms with Gasteiger partial charge in [-0.05, 0) is 49.6 Å². The Kier molecular flexibility index (Phi) is 10.1. The molecule has 5 rings (SSSR count). The van der Waals surface area contributed by atoms with E-state index in [0.29, 0.717) is 29.9 Å². The summed E-state index contributed by atoms with van der Waals surface area (Å²) < 4.78 is 77.2. The number of piperidine rings is 1. The summed E-state index contributed by atoms with van der Waals surface area (Å²) in [5.41, 5.74) is -2.18. The van der Waals surface area contributed by atoms with Gasteiger partial charge in [0.15, 0.2) is 17.2 Å². The van der Waals surface area contributed by atoms with E-state index in [2.05, 4.69) is 4.85 Å². The summed E-state index contributed by atoms with van der Waals surface area (Å²) >= 11 is 0. The molecule has 1 atom stereocenters. The average Bonchev–Trinajstić information content (AvgIpc) is 3.41.